The maximum Gasteiger partial charge on any atom is 0.416 e. The van der Waals surface area contributed by atoms with E-state index in [-0.39, 0.29) is 28.2 Å². The average molecular weight is 411 g/mol. The molecule has 0 spiro atoms. The van der Waals surface area contributed by atoms with E-state index in [9.17, 15) is 23.3 Å². The van der Waals surface area contributed by atoms with Crippen LogP contribution in [0.25, 0.3) is 0 Å². The van der Waals surface area contributed by atoms with Crippen LogP contribution in [0, 0.1) is 10.1 Å². The molecule has 0 aliphatic heterocycles. The fraction of sp³-hybridized carbons (Fsp3) is 0.0588. The number of nitrogens with one attached hydrogen (secondary N) is 1. The van der Waals surface area contributed by atoms with Crippen molar-refractivity contribution in [2.24, 2.45) is 0 Å². The van der Waals surface area contributed by atoms with Crippen molar-refractivity contribution in [2.75, 3.05) is 5.32 Å². The Morgan fingerprint density at radius 1 is 1.11 bits per heavy atom. The molecule has 0 saturated carbocycles. The van der Waals surface area contributed by atoms with Gasteiger partial charge in [0.25, 0.3) is 0 Å². The summed E-state index contributed by atoms with van der Waals surface area (Å²) in [7, 11) is 0. The number of hydrogen-bond donors (Lipinski definition) is 1. The summed E-state index contributed by atoms with van der Waals surface area (Å²) >= 11 is 5.92. The Hall–Kier alpha value is -3.40. The number of anilines is 2. The molecule has 0 unspecified atom stereocenters. The summed E-state index contributed by atoms with van der Waals surface area (Å²) in [5.41, 5.74) is -1.83. The van der Waals surface area contributed by atoms with Crippen LogP contribution in [-0.2, 0) is 6.18 Å². The molecule has 28 heavy (non-hydrogen) atoms. The van der Waals surface area contributed by atoms with E-state index in [2.05, 4.69) is 15.3 Å². The fourth-order valence-corrected chi connectivity index (χ4v) is 2.38. The van der Waals surface area contributed by atoms with Crippen LogP contribution in [0.5, 0.6) is 11.6 Å². The van der Waals surface area contributed by atoms with Gasteiger partial charge in [-0.1, -0.05) is 29.8 Å². The van der Waals surface area contributed by atoms with Gasteiger partial charge in [0.15, 0.2) is 0 Å². The highest BCUT2D eigenvalue weighted by Gasteiger charge is 2.32. The van der Waals surface area contributed by atoms with Crippen LogP contribution < -0.4 is 10.1 Å². The smallest absolute Gasteiger partial charge is 0.416 e. The molecule has 0 fully saturated rings. The van der Waals surface area contributed by atoms with Crippen LogP contribution >= 0.6 is 11.6 Å². The maximum atomic E-state index is 12.9. The SMILES string of the molecule is O=[N+]([O-])c1c(Nc2cc(C(F)(F)F)ccc2Cl)ncnc1Oc1ccccc1. The van der Waals surface area contributed by atoms with E-state index < -0.39 is 22.4 Å². The quantitative estimate of drug-likeness (QED) is 0.435. The number of ether oxygens (including phenoxy) is 1. The van der Waals surface area contributed by atoms with E-state index in [0.717, 1.165) is 24.5 Å². The Morgan fingerprint density at radius 2 is 1.82 bits per heavy atom. The van der Waals surface area contributed by atoms with Gasteiger partial charge in [0.1, 0.15) is 12.1 Å². The Labute approximate surface area is 160 Å². The van der Waals surface area contributed by atoms with Gasteiger partial charge in [-0.15, -0.1) is 0 Å². The van der Waals surface area contributed by atoms with E-state index in [1.54, 1.807) is 30.3 Å². The van der Waals surface area contributed by atoms with Gasteiger partial charge < -0.3 is 10.1 Å². The zero-order valence-corrected chi connectivity index (χ0v) is 14.5. The summed E-state index contributed by atoms with van der Waals surface area (Å²) in [6.07, 6.45) is -3.63. The number of benzene rings is 2. The van der Waals surface area contributed by atoms with Gasteiger partial charge in [-0.05, 0) is 30.3 Å². The molecular weight excluding hydrogens is 401 g/mol. The number of hydrogen-bond acceptors (Lipinski definition) is 6. The Bertz CT molecular complexity index is 1020. The van der Waals surface area contributed by atoms with Gasteiger partial charge in [0.05, 0.1) is 21.2 Å². The van der Waals surface area contributed by atoms with Gasteiger partial charge in [-0.3, -0.25) is 10.1 Å². The molecule has 0 bridgehead atoms. The summed E-state index contributed by atoms with van der Waals surface area (Å²) < 4.78 is 44.2. The highest BCUT2D eigenvalue weighted by molar-refractivity contribution is 6.33. The lowest BCUT2D eigenvalue weighted by Gasteiger charge is -2.13. The number of rotatable bonds is 5. The number of aromatic nitrogens is 2. The minimum Gasteiger partial charge on any atom is -0.434 e. The number of nitro groups is 1. The lowest BCUT2D eigenvalue weighted by molar-refractivity contribution is -0.385. The zero-order valence-electron chi connectivity index (χ0n) is 13.8. The second-order valence-corrected chi connectivity index (χ2v) is 5.77. The van der Waals surface area contributed by atoms with Crippen molar-refractivity contribution >= 4 is 28.8 Å². The molecule has 1 N–H and O–H groups in total. The average Bonchev–Trinajstić information content (AvgIpc) is 2.63. The Balaban J connectivity index is 2.01. The van der Waals surface area contributed by atoms with E-state index in [4.69, 9.17) is 16.3 Å². The first kappa shape index (κ1) is 19.4. The molecule has 0 aliphatic rings. The fourth-order valence-electron chi connectivity index (χ4n) is 2.22. The lowest BCUT2D eigenvalue weighted by atomic mass is 10.2. The summed E-state index contributed by atoms with van der Waals surface area (Å²) in [6.45, 7) is 0. The molecule has 0 radical (unpaired) electrons. The van der Waals surface area contributed by atoms with Crippen LogP contribution in [0.2, 0.25) is 5.02 Å². The molecule has 3 aromatic rings. The molecule has 1 aromatic heterocycles. The van der Waals surface area contributed by atoms with Crippen LogP contribution in [-0.4, -0.2) is 14.9 Å². The van der Waals surface area contributed by atoms with Crippen LogP contribution in [0.1, 0.15) is 5.56 Å². The van der Waals surface area contributed by atoms with Crippen molar-refractivity contribution in [1.29, 1.82) is 0 Å². The second kappa shape index (κ2) is 7.69. The molecule has 11 heteroatoms. The third-order valence-corrected chi connectivity index (χ3v) is 3.81. The highest BCUT2D eigenvalue weighted by Crippen LogP contribution is 2.38. The molecule has 2 aromatic carbocycles. The van der Waals surface area contributed by atoms with Gasteiger partial charge in [-0.25, -0.2) is 4.98 Å². The first-order valence-electron chi connectivity index (χ1n) is 7.62. The first-order chi connectivity index (χ1) is 13.3. The van der Waals surface area contributed by atoms with E-state index in [1.807, 2.05) is 0 Å². The molecule has 0 saturated heterocycles. The van der Waals surface area contributed by atoms with Gasteiger partial charge in [0, 0.05) is 0 Å². The Kier molecular flexibility index (Phi) is 5.32. The van der Waals surface area contributed by atoms with Crippen molar-refractivity contribution in [2.45, 2.75) is 6.18 Å². The molecule has 1 heterocycles. The molecular formula is C17H10ClF3N4O3. The van der Waals surface area contributed by atoms with Gasteiger partial charge in [-0.2, -0.15) is 18.2 Å². The predicted molar refractivity (Wildman–Crippen MR) is 94.9 cm³/mol. The van der Waals surface area contributed by atoms with Gasteiger partial charge in [0.2, 0.25) is 5.82 Å². The normalized spacial score (nSPS) is 11.1. The first-order valence-corrected chi connectivity index (χ1v) is 7.99. The van der Waals surface area contributed by atoms with Gasteiger partial charge >= 0.3 is 17.7 Å². The van der Waals surface area contributed by atoms with Crippen molar-refractivity contribution in [3.8, 4) is 11.6 Å². The topological polar surface area (TPSA) is 90.2 Å². The zero-order chi connectivity index (χ0) is 20.3. The second-order valence-electron chi connectivity index (χ2n) is 5.37. The molecule has 0 amide bonds. The van der Waals surface area contributed by atoms with E-state index >= 15 is 0 Å². The third-order valence-electron chi connectivity index (χ3n) is 3.48. The van der Waals surface area contributed by atoms with Crippen LogP contribution in [0.4, 0.5) is 30.4 Å². The number of alkyl halides is 3. The molecule has 0 atom stereocenters. The lowest BCUT2D eigenvalue weighted by Crippen LogP contribution is -2.07. The minimum atomic E-state index is -4.61. The minimum absolute atomic E-state index is 0.0774. The summed E-state index contributed by atoms with van der Waals surface area (Å²) in [5, 5.41) is 13.9. The summed E-state index contributed by atoms with van der Waals surface area (Å²) in [4.78, 5) is 18.2. The molecule has 144 valence electrons. The van der Waals surface area contributed by atoms with Crippen molar-refractivity contribution < 1.29 is 22.8 Å². The van der Waals surface area contributed by atoms with Crippen molar-refractivity contribution in [3.05, 3.63) is 75.6 Å². The van der Waals surface area contributed by atoms with E-state index in [1.165, 1.54) is 0 Å². The number of para-hydroxylation sites is 1. The highest BCUT2D eigenvalue weighted by atomic mass is 35.5. The molecule has 3 rings (SSSR count). The summed E-state index contributed by atoms with van der Waals surface area (Å²) in [5.74, 6) is -0.462. The largest absolute Gasteiger partial charge is 0.434 e. The van der Waals surface area contributed by atoms with Crippen LogP contribution in [0.3, 0.4) is 0 Å². The molecule has 7 nitrogen and oxygen atoms in total. The molecule has 0 aliphatic carbocycles. The maximum absolute atomic E-state index is 12.9. The third kappa shape index (κ3) is 4.29. The standard InChI is InChI=1S/C17H10ClF3N4O3/c18-12-7-6-10(17(19,20)21)8-13(12)24-15-14(25(26)27)16(23-9-22-15)28-11-4-2-1-3-5-11/h1-9H,(H,22,23,24). The van der Waals surface area contributed by atoms with Crippen molar-refractivity contribution in [3.63, 3.8) is 0 Å². The van der Waals surface area contributed by atoms with E-state index in [0.29, 0.717) is 0 Å². The Morgan fingerprint density at radius 3 is 2.46 bits per heavy atom. The van der Waals surface area contributed by atoms with Crippen LogP contribution in [0.15, 0.2) is 54.9 Å². The number of nitrogens with zero attached hydrogens (tertiary/aromatic N) is 3. The monoisotopic (exact) mass is 410 g/mol. The summed E-state index contributed by atoms with van der Waals surface area (Å²) in [6, 6.07) is 10.7. The van der Waals surface area contributed by atoms with Crippen molar-refractivity contribution in [1.82, 2.24) is 9.97 Å². The predicted octanol–water partition coefficient (Wildman–Crippen LogP) is 5.59. The number of halogens is 4.